The smallest absolute Gasteiger partial charge is 0.413 e. The highest BCUT2D eigenvalue weighted by molar-refractivity contribution is 5.72. The zero-order chi connectivity index (χ0) is 23.4. The van der Waals surface area contributed by atoms with Crippen molar-refractivity contribution in [3.8, 4) is 17.2 Å². The van der Waals surface area contributed by atoms with E-state index in [4.69, 9.17) is 18.9 Å². The van der Waals surface area contributed by atoms with Gasteiger partial charge >= 0.3 is 6.09 Å². The van der Waals surface area contributed by atoms with Crippen molar-refractivity contribution in [1.29, 1.82) is 0 Å². The normalized spacial score (nSPS) is 19.8. The highest BCUT2D eigenvalue weighted by Crippen LogP contribution is 2.47. The van der Waals surface area contributed by atoms with E-state index in [1.165, 1.54) is 4.90 Å². The largest absolute Gasteiger partial charge is 0.497 e. The van der Waals surface area contributed by atoms with Gasteiger partial charge < -0.3 is 24.1 Å². The van der Waals surface area contributed by atoms with Crippen LogP contribution in [0.4, 0.5) is 4.79 Å². The van der Waals surface area contributed by atoms with Gasteiger partial charge in [-0.25, -0.2) is 4.79 Å². The summed E-state index contributed by atoms with van der Waals surface area (Å²) in [5.41, 5.74) is 0.498. The van der Waals surface area contributed by atoms with E-state index in [0.717, 1.165) is 11.3 Å². The van der Waals surface area contributed by atoms with Gasteiger partial charge in [0.15, 0.2) is 6.10 Å². The van der Waals surface area contributed by atoms with Gasteiger partial charge in [0.1, 0.15) is 17.2 Å². The molecule has 1 saturated heterocycles. The number of methoxy groups -OCH3 is 3. The van der Waals surface area contributed by atoms with Crippen LogP contribution in [0.15, 0.2) is 72.8 Å². The molecule has 3 aromatic carbocycles. The molecule has 33 heavy (non-hydrogen) atoms. The lowest BCUT2D eigenvalue weighted by molar-refractivity contribution is -0.109. The Morgan fingerprint density at radius 3 is 1.82 bits per heavy atom. The molecule has 1 fully saturated rings. The molecule has 0 bridgehead atoms. The minimum Gasteiger partial charge on any atom is -0.497 e. The van der Waals surface area contributed by atoms with E-state index in [2.05, 4.69) is 0 Å². The van der Waals surface area contributed by atoms with Crippen molar-refractivity contribution < 1.29 is 28.8 Å². The van der Waals surface area contributed by atoms with Gasteiger partial charge in [0, 0.05) is 12.1 Å². The van der Waals surface area contributed by atoms with Crippen LogP contribution in [0.25, 0.3) is 0 Å². The molecule has 0 saturated carbocycles. The van der Waals surface area contributed by atoms with Crippen LogP contribution in [0.3, 0.4) is 0 Å². The van der Waals surface area contributed by atoms with E-state index in [1.807, 2.05) is 24.3 Å². The molecule has 0 radical (unpaired) electrons. The molecule has 1 N–H and O–H groups in total. The number of cyclic esters (lactones) is 1. The molecule has 0 unspecified atom stereocenters. The molecule has 172 valence electrons. The van der Waals surface area contributed by atoms with Gasteiger partial charge in [-0.2, -0.15) is 0 Å². The van der Waals surface area contributed by atoms with Crippen LogP contribution in [-0.2, 0) is 16.9 Å². The summed E-state index contributed by atoms with van der Waals surface area (Å²) in [6.07, 6.45) is -0.963. The van der Waals surface area contributed by atoms with Crippen LogP contribution in [0.2, 0.25) is 0 Å². The molecule has 7 nitrogen and oxygen atoms in total. The Labute approximate surface area is 193 Å². The predicted octanol–water partition coefficient (Wildman–Crippen LogP) is 4.29. The minimum absolute atomic E-state index is 0.264. The lowest BCUT2D eigenvalue weighted by atomic mass is 9.91. The first-order valence-electron chi connectivity index (χ1n) is 10.6. The first-order valence-corrected chi connectivity index (χ1v) is 10.6. The van der Waals surface area contributed by atoms with Crippen LogP contribution in [0.1, 0.15) is 22.8 Å². The number of hydrogen-bond acceptors (Lipinski definition) is 6. The summed E-state index contributed by atoms with van der Waals surface area (Å²) >= 11 is 0. The molecular formula is C26H27NO6. The van der Waals surface area contributed by atoms with Crippen LogP contribution in [0, 0.1) is 0 Å². The fourth-order valence-corrected chi connectivity index (χ4v) is 4.04. The summed E-state index contributed by atoms with van der Waals surface area (Å²) in [4.78, 5) is 14.4. The van der Waals surface area contributed by atoms with Crippen LogP contribution in [-0.4, -0.2) is 44.0 Å². The van der Waals surface area contributed by atoms with Crippen LogP contribution >= 0.6 is 0 Å². The average Bonchev–Trinajstić information content (AvgIpc) is 3.13. The number of amides is 1. The van der Waals surface area contributed by atoms with Gasteiger partial charge in [0.05, 0.1) is 21.3 Å². The van der Waals surface area contributed by atoms with Gasteiger partial charge in [0.25, 0.3) is 0 Å². The maximum absolute atomic E-state index is 13.0. The second-order valence-electron chi connectivity index (χ2n) is 7.74. The van der Waals surface area contributed by atoms with E-state index >= 15 is 0 Å². The second kappa shape index (κ2) is 9.42. The summed E-state index contributed by atoms with van der Waals surface area (Å²) in [5.74, 6) is 2.08. The Balaban J connectivity index is 1.68. The molecule has 4 rings (SSSR count). The number of ether oxygens (including phenoxy) is 4. The summed E-state index contributed by atoms with van der Waals surface area (Å²) in [6.45, 7) is 0.264. The number of benzene rings is 3. The van der Waals surface area contributed by atoms with E-state index < -0.39 is 17.9 Å². The molecule has 1 aliphatic rings. The zero-order valence-electron chi connectivity index (χ0n) is 18.9. The average molecular weight is 450 g/mol. The number of rotatable bonds is 8. The molecule has 3 aromatic rings. The van der Waals surface area contributed by atoms with E-state index in [1.54, 1.807) is 69.9 Å². The molecule has 1 amide bonds. The first kappa shape index (κ1) is 22.5. The molecule has 0 aliphatic carbocycles. The molecule has 1 aliphatic heterocycles. The van der Waals surface area contributed by atoms with Crippen molar-refractivity contribution in [1.82, 2.24) is 4.90 Å². The molecule has 0 spiro atoms. The van der Waals surface area contributed by atoms with Crippen molar-refractivity contribution in [2.24, 2.45) is 0 Å². The lowest BCUT2D eigenvalue weighted by Gasteiger charge is -2.35. The van der Waals surface area contributed by atoms with E-state index in [-0.39, 0.29) is 6.54 Å². The zero-order valence-corrected chi connectivity index (χ0v) is 18.9. The molecule has 2 atom stereocenters. The lowest BCUT2D eigenvalue weighted by Crippen LogP contribution is -2.46. The Morgan fingerprint density at radius 1 is 0.818 bits per heavy atom. The summed E-state index contributed by atoms with van der Waals surface area (Å²) in [6, 6.07) is 21.7. The minimum atomic E-state index is -1.70. The Morgan fingerprint density at radius 2 is 1.30 bits per heavy atom. The molecule has 7 heteroatoms. The quantitative estimate of drug-likeness (QED) is 0.553. The Hall–Kier alpha value is -3.71. The number of carbonyl (C=O) groups is 1. The second-order valence-corrected chi connectivity index (χ2v) is 7.74. The van der Waals surface area contributed by atoms with Crippen molar-refractivity contribution in [2.75, 3.05) is 27.9 Å². The van der Waals surface area contributed by atoms with Crippen LogP contribution in [0.5, 0.6) is 17.2 Å². The molecule has 1 heterocycles. The van der Waals surface area contributed by atoms with Crippen molar-refractivity contribution >= 4 is 6.09 Å². The third-order valence-corrected chi connectivity index (χ3v) is 5.93. The van der Waals surface area contributed by atoms with E-state index in [9.17, 15) is 9.90 Å². The standard InChI is InChI=1S/C26H27NO6/c1-30-21-10-4-18(5-11-21)16-17-27-25(28)33-24(19-6-12-22(31-2)13-7-19)26(27,29)20-8-14-23(32-3)15-9-20/h4-15,24,29H,16-17H2,1-3H3/t24-,26-/m1/s1. The fraction of sp³-hybridized carbons (Fsp3) is 0.269. The SMILES string of the molecule is COc1ccc(CCN2C(=O)O[C@H](c3ccc(OC)cc3)[C@]2(O)c2ccc(OC)cc2)cc1. The third kappa shape index (κ3) is 4.32. The van der Waals surface area contributed by atoms with Gasteiger partial charge in [0.2, 0.25) is 5.72 Å². The first-order chi connectivity index (χ1) is 16.0. The molecule has 0 aromatic heterocycles. The van der Waals surface area contributed by atoms with Gasteiger partial charge in [-0.05, 0) is 53.9 Å². The van der Waals surface area contributed by atoms with Gasteiger partial charge in [-0.15, -0.1) is 0 Å². The number of hydrogen-bond donors (Lipinski definition) is 1. The van der Waals surface area contributed by atoms with Gasteiger partial charge in [-0.1, -0.05) is 36.4 Å². The topological polar surface area (TPSA) is 77.5 Å². The summed E-state index contributed by atoms with van der Waals surface area (Å²) in [5, 5.41) is 12.0. The molecular weight excluding hydrogens is 422 g/mol. The number of carbonyl (C=O) groups excluding carboxylic acids is 1. The Bertz CT molecular complexity index is 1080. The maximum Gasteiger partial charge on any atom is 0.413 e. The monoisotopic (exact) mass is 449 g/mol. The summed E-state index contributed by atoms with van der Waals surface area (Å²) < 4.78 is 21.4. The van der Waals surface area contributed by atoms with Crippen LogP contribution < -0.4 is 14.2 Å². The van der Waals surface area contributed by atoms with Crippen molar-refractivity contribution in [2.45, 2.75) is 18.2 Å². The van der Waals surface area contributed by atoms with E-state index in [0.29, 0.717) is 29.0 Å². The summed E-state index contributed by atoms with van der Waals surface area (Å²) in [7, 11) is 4.77. The van der Waals surface area contributed by atoms with Crippen molar-refractivity contribution in [3.05, 3.63) is 89.5 Å². The fourth-order valence-electron chi connectivity index (χ4n) is 4.04. The number of nitrogens with zero attached hydrogens (tertiary/aromatic N) is 1. The van der Waals surface area contributed by atoms with Gasteiger partial charge in [-0.3, -0.25) is 4.90 Å². The highest BCUT2D eigenvalue weighted by Gasteiger charge is 2.55. The Kier molecular flexibility index (Phi) is 6.42. The third-order valence-electron chi connectivity index (χ3n) is 5.93. The predicted molar refractivity (Wildman–Crippen MR) is 123 cm³/mol. The number of aliphatic hydroxyl groups is 1. The van der Waals surface area contributed by atoms with Crippen molar-refractivity contribution in [3.63, 3.8) is 0 Å². The maximum atomic E-state index is 13.0. The highest BCUT2D eigenvalue weighted by atomic mass is 16.6.